The zero-order valence-electron chi connectivity index (χ0n) is 51.2. The van der Waals surface area contributed by atoms with Crippen LogP contribution in [0.4, 0.5) is 0 Å². The molecule has 0 aliphatic rings. The smallest absolute Gasteiger partial charge is 0.462 e. The second-order valence-electron chi connectivity index (χ2n) is 23.1. The first kappa shape index (κ1) is 74.7. The third-order valence-corrected chi connectivity index (χ3v) is 15.3. The lowest BCUT2D eigenvalue weighted by Gasteiger charge is -2.24. The van der Waals surface area contributed by atoms with Gasteiger partial charge in [-0.1, -0.05) is 293 Å². The molecule has 2 unspecified atom stereocenters. The molecule has 77 heavy (non-hydrogen) atoms. The van der Waals surface area contributed by atoms with E-state index in [0.29, 0.717) is 23.9 Å². The Balaban J connectivity index is 3.90. The minimum absolute atomic E-state index is 0.0342. The standard InChI is InChI=1S/C67H124NO8P/c1-6-8-10-12-14-16-18-20-22-23-24-25-26-27-28-29-30-31-32-33-34-35-36-37-38-39-40-41-42-43-44-45-46-48-50-52-54-56-58-60-67(70)76-65(64-75-77(71,72)74-62-61-68(3,4)5)63-73-66(69)59-57-55-53-51-49-47-21-19-17-15-13-11-9-7-2/h8,10,14,16,20,22,24-25,27-28,65H,6-7,9,11-13,15,17-19,21,23,26,29-64H2,1-5H3/p+1/b10-8-,16-14-,22-20-,25-24-,28-27-. The topological polar surface area (TPSA) is 108 Å². The van der Waals surface area contributed by atoms with Crippen molar-refractivity contribution in [1.82, 2.24) is 0 Å². The van der Waals surface area contributed by atoms with Gasteiger partial charge in [0.2, 0.25) is 0 Å². The van der Waals surface area contributed by atoms with Gasteiger partial charge in [0.15, 0.2) is 6.10 Å². The van der Waals surface area contributed by atoms with Crippen LogP contribution in [-0.4, -0.2) is 74.9 Å². The van der Waals surface area contributed by atoms with E-state index in [1.54, 1.807) is 0 Å². The molecule has 0 amide bonds. The van der Waals surface area contributed by atoms with Crippen molar-refractivity contribution in [3.8, 4) is 0 Å². The molecule has 0 aliphatic carbocycles. The molecule has 0 aromatic rings. The Hall–Kier alpha value is -2.29. The van der Waals surface area contributed by atoms with Crippen LogP contribution >= 0.6 is 7.82 Å². The molecule has 0 fully saturated rings. The number of unbranched alkanes of at least 4 members (excludes halogenated alkanes) is 36. The van der Waals surface area contributed by atoms with E-state index >= 15 is 0 Å². The summed E-state index contributed by atoms with van der Waals surface area (Å²) in [4.78, 5) is 35.7. The number of rotatable bonds is 60. The summed E-state index contributed by atoms with van der Waals surface area (Å²) in [7, 11) is 1.49. The number of hydrogen-bond acceptors (Lipinski definition) is 7. The van der Waals surface area contributed by atoms with Gasteiger partial charge in [-0.15, -0.1) is 0 Å². The van der Waals surface area contributed by atoms with Crippen LogP contribution in [-0.2, 0) is 32.7 Å². The summed E-state index contributed by atoms with van der Waals surface area (Å²) in [5.41, 5.74) is 0. The second-order valence-corrected chi connectivity index (χ2v) is 24.6. The second kappa shape index (κ2) is 58.4. The van der Waals surface area contributed by atoms with E-state index in [-0.39, 0.29) is 25.6 Å². The fourth-order valence-electron chi connectivity index (χ4n) is 9.34. The Morgan fingerprint density at radius 2 is 0.740 bits per heavy atom. The van der Waals surface area contributed by atoms with Crippen LogP contribution in [0.2, 0.25) is 0 Å². The normalized spacial score (nSPS) is 13.6. The number of hydrogen-bond donors (Lipinski definition) is 1. The number of carbonyl (C=O) groups excluding carboxylic acids is 2. The molecule has 9 nitrogen and oxygen atoms in total. The van der Waals surface area contributed by atoms with E-state index in [0.717, 1.165) is 64.2 Å². The van der Waals surface area contributed by atoms with Crippen molar-refractivity contribution in [2.75, 3.05) is 47.5 Å². The summed E-state index contributed by atoms with van der Waals surface area (Å²) < 4.78 is 34.6. The molecule has 0 aliphatic heterocycles. The van der Waals surface area contributed by atoms with Crippen molar-refractivity contribution < 1.29 is 42.1 Å². The Bertz CT molecular complexity index is 1480. The van der Waals surface area contributed by atoms with Gasteiger partial charge < -0.3 is 18.9 Å². The lowest BCUT2D eigenvalue weighted by molar-refractivity contribution is -0.870. The lowest BCUT2D eigenvalue weighted by Crippen LogP contribution is -2.37. The maximum absolute atomic E-state index is 12.8. The first-order valence-corrected chi connectivity index (χ1v) is 34.0. The zero-order chi connectivity index (χ0) is 56.3. The van der Waals surface area contributed by atoms with Crippen LogP contribution in [0.15, 0.2) is 60.8 Å². The molecular weight excluding hydrogens is 978 g/mol. The lowest BCUT2D eigenvalue weighted by atomic mass is 10.0. The number of carbonyl (C=O) groups is 2. The Morgan fingerprint density at radius 1 is 0.416 bits per heavy atom. The van der Waals surface area contributed by atoms with Gasteiger partial charge in [0.05, 0.1) is 27.7 Å². The number of allylic oxidation sites excluding steroid dienone is 10. The minimum Gasteiger partial charge on any atom is -0.462 e. The van der Waals surface area contributed by atoms with Crippen LogP contribution in [0.5, 0.6) is 0 Å². The van der Waals surface area contributed by atoms with E-state index in [1.807, 2.05) is 21.1 Å². The van der Waals surface area contributed by atoms with Gasteiger partial charge in [0, 0.05) is 12.8 Å². The molecule has 0 heterocycles. The Kier molecular flexibility index (Phi) is 56.6. The quantitative estimate of drug-likeness (QED) is 0.0211. The third-order valence-electron chi connectivity index (χ3n) is 14.3. The molecule has 0 saturated carbocycles. The van der Waals surface area contributed by atoms with E-state index in [2.05, 4.69) is 74.6 Å². The van der Waals surface area contributed by atoms with Crippen LogP contribution in [0.1, 0.15) is 303 Å². The van der Waals surface area contributed by atoms with E-state index in [4.69, 9.17) is 18.5 Å². The van der Waals surface area contributed by atoms with Crippen LogP contribution in [0, 0.1) is 0 Å². The monoisotopic (exact) mass is 1100 g/mol. The number of esters is 2. The van der Waals surface area contributed by atoms with E-state index in [1.165, 1.54) is 205 Å². The van der Waals surface area contributed by atoms with Gasteiger partial charge in [-0.25, -0.2) is 4.57 Å². The molecule has 0 radical (unpaired) electrons. The first-order chi connectivity index (χ1) is 37.5. The SMILES string of the molecule is CC/C=C\C/C=C\C/C=C\C/C=C\C/C=C\CCCCCCCCCCCCCCCCCCCCCCCCCC(=O)OC(COC(=O)CCCCCCCCCCCCCCCC)COP(=O)(O)OCC[N+](C)(C)C. The number of quaternary nitrogens is 1. The number of likely N-dealkylation sites (N-methyl/N-ethyl adjacent to an activating group) is 1. The fourth-order valence-corrected chi connectivity index (χ4v) is 10.1. The van der Waals surface area contributed by atoms with E-state index < -0.39 is 26.5 Å². The highest BCUT2D eigenvalue weighted by molar-refractivity contribution is 7.47. The molecule has 0 aromatic heterocycles. The molecule has 0 saturated heterocycles. The third kappa shape index (κ3) is 62.8. The predicted molar refractivity (Wildman–Crippen MR) is 330 cm³/mol. The van der Waals surface area contributed by atoms with Crippen LogP contribution in [0.25, 0.3) is 0 Å². The van der Waals surface area contributed by atoms with Gasteiger partial charge in [-0.05, 0) is 57.8 Å². The van der Waals surface area contributed by atoms with E-state index in [9.17, 15) is 19.0 Å². The predicted octanol–water partition coefficient (Wildman–Crippen LogP) is 20.7. The molecular formula is C67H125NO8P+. The Morgan fingerprint density at radius 3 is 1.10 bits per heavy atom. The van der Waals surface area contributed by atoms with Crippen molar-refractivity contribution in [2.45, 2.75) is 309 Å². The summed E-state index contributed by atoms with van der Waals surface area (Å²) in [6, 6.07) is 0. The molecule has 2 atom stereocenters. The zero-order valence-corrected chi connectivity index (χ0v) is 52.1. The maximum Gasteiger partial charge on any atom is 0.472 e. The van der Waals surface area contributed by atoms with Gasteiger partial charge in [0.25, 0.3) is 0 Å². The van der Waals surface area contributed by atoms with Gasteiger partial charge >= 0.3 is 19.8 Å². The number of nitrogens with zero attached hydrogens (tertiary/aromatic N) is 1. The molecule has 0 aromatic carbocycles. The van der Waals surface area contributed by atoms with Crippen molar-refractivity contribution in [1.29, 1.82) is 0 Å². The van der Waals surface area contributed by atoms with Crippen molar-refractivity contribution in [2.24, 2.45) is 0 Å². The highest BCUT2D eigenvalue weighted by Crippen LogP contribution is 2.43. The summed E-state index contributed by atoms with van der Waals surface area (Å²) in [6.45, 7) is 4.36. The molecule has 0 spiro atoms. The average molecular weight is 1100 g/mol. The van der Waals surface area contributed by atoms with Crippen molar-refractivity contribution in [3.05, 3.63) is 60.8 Å². The highest BCUT2D eigenvalue weighted by Gasteiger charge is 2.27. The van der Waals surface area contributed by atoms with Gasteiger partial charge in [0.1, 0.15) is 19.8 Å². The summed E-state index contributed by atoms with van der Waals surface area (Å²) in [5.74, 6) is -0.781. The molecule has 450 valence electrons. The highest BCUT2D eigenvalue weighted by atomic mass is 31.2. The molecule has 0 rings (SSSR count). The van der Waals surface area contributed by atoms with Gasteiger partial charge in [-0.2, -0.15) is 0 Å². The first-order valence-electron chi connectivity index (χ1n) is 32.5. The fraction of sp³-hybridized carbons (Fsp3) is 0.821. The Labute approximate surface area is 476 Å². The number of ether oxygens (including phenoxy) is 2. The number of phosphoric acid groups is 1. The van der Waals surface area contributed by atoms with Crippen LogP contribution < -0.4 is 0 Å². The maximum atomic E-state index is 12.8. The largest absolute Gasteiger partial charge is 0.472 e. The molecule has 0 bridgehead atoms. The average Bonchev–Trinajstić information content (AvgIpc) is 3.39. The molecule has 1 N–H and O–H groups in total. The summed E-state index contributed by atoms with van der Waals surface area (Å²) >= 11 is 0. The van der Waals surface area contributed by atoms with Crippen molar-refractivity contribution in [3.63, 3.8) is 0 Å². The van der Waals surface area contributed by atoms with Crippen molar-refractivity contribution >= 4 is 19.8 Å². The summed E-state index contributed by atoms with van der Waals surface area (Å²) in [5, 5.41) is 0. The minimum atomic E-state index is -4.38. The molecule has 10 heteroatoms. The summed E-state index contributed by atoms with van der Waals surface area (Å²) in [6.07, 6.45) is 76.1. The number of phosphoric ester groups is 1. The van der Waals surface area contributed by atoms with Crippen LogP contribution in [0.3, 0.4) is 0 Å². The van der Waals surface area contributed by atoms with Gasteiger partial charge in [-0.3, -0.25) is 18.6 Å².